The number of carbonyl (C=O) groups excluding carboxylic acids is 1. The first kappa shape index (κ1) is 18.1. The zero-order valence-electron chi connectivity index (χ0n) is 15.8. The number of carbonyl (C=O) groups is 1. The van der Waals surface area contributed by atoms with E-state index in [4.69, 9.17) is 0 Å². The number of hydrogen-bond acceptors (Lipinski definition) is 8. The Morgan fingerprint density at radius 3 is 2.77 bits per heavy atom. The molecule has 30 heavy (non-hydrogen) atoms. The molecule has 150 valence electrons. The van der Waals surface area contributed by atoms with Gasteiger partial charge in [0.05, 0.1) is 6.07 Å². The van der Waals surface area contributed by atoms with Crippen molar-refractivity contribution in [3.63, 3.8) is 0 Å². The maximum absolute atomic E-state index is 13.0. The van der Waals surface area contributed by atoms with Crippen molar-refractivity contribution in [2.24, 2.45) is 11.3 Å². The van der Waals surface area contributed by atoms with Crippen molar-refractivity contribution in [1.29, 1.82) is 5.26 Å². The number of amides is 1. The van der Waals surface area contributed by atoms with E-state index in [2.05, 4.69) is 36.0 Å². The summed E-state index contributed by atoms with van der Waals surface area (Å²) in [6.45, 7) is 0.523. The average Bonchev–Trinajstić information content (AvgIpc) is 3.44. The van der Waals surface area contributed by atoms with Gasteiger partial charge in [0.1, 0.15) is 17.1 Å². The maximum Gasteiger partial charge on any atom is 0.439 e. The van der Waals surface area contributed by atoms with Crippen molar-refractivity contribution in [2.75, 3.05) is 16.8 Å². The minimum Gasteiger partial charge on any atom is -0.325 e. The summed E-state index contributed by atoms with van der Waals surface area (Å²) in [5.41, 5.74) is 0.423. The molecule has 0 radical (unpaired) electrons. The third-order valence-electron chi connectivity index (χ3n) is 5.62. The SMILES string of the molecule is N#C[C@@]1(C2CC2)CCN(c2ccnc(Nc3ccc(-c4noc(=O)[nH]4)cn3)c2)C1=O. The second kappa shape index (κ2) is 6.81. The Bertz CT molecular complexity index is 1210. The first-order valence-electron chi connectivity index (χ1n) is 9.58. The predicted molar refractivity (Wildman–Crippen MR) is 106 cm³/mol. The number of H-pyrrole nitrogens is 1. The van der Waals surface area contributed by atoms with E-state index >= 15 is 0 Å². The fraction of sp³-hybridized carbons (Fsp3) is 0.300. The quantitative estimate of drug-likeness (QED) is 0.661. The first-order valence-corrected chi connectivity index (χ1v) is 9.58. The molecule has 2 aliphatic rings. The Balaban J connectivity index is 1.34. The third-order valence-corrected chi connectivity index (χ3v) is 5.62. The molecule has 1 aliphatic carbocycles. The molecule has 0 aromatic carbocycles. The smallest absolute Gasteiger partial charge is 0.325 e. The van der Waals surface area contributed by atoms with Crippen LogP contribution in [0.25, 0.3) is 11.4 Å². The van der Waals surface area contributed by atoms with Gasteiger partial charge in [0.2, 0.25) is 5.91 Å². The summed E-state index contributed by atoms with van der Waals surface area (Å²) in [4.78, 5) is 36.8. The van der Waals surface area contributed by atoms with Gasteiger partial charge in [-0.05, 0) is 43.4 Å². The number of anilines is 3. The van der Waals surface area contributed by atoms with Crippen LogP contribution in [-0.4, -0.2) is 32.6 Å². The van der Waals surface area contributed by atoms with Crippen LogP contribution < -0.4 is 16.0 Å². The zero-order chi connectivity index (χ0) is 20.7. The summed E-state index contributed by atoms with van der Waals surface area (Å²) in [6, 6.07) is 9.27. The molecule has 1 aliphatic heterocycles. The number of aromatic amines is 1. The van der Waals surface area contributed by atoms with E-state index in [1.54, 1.807) is 41.6 Å². The van der Waals surface area contributed by atoms with Gasteiger partial charge in [-0.15, -0.1) is 0 Å². The Morgan fingerprint density at radius 1 is 1.23 bits per heavy atom. The topological polar surface area (TPSA) is 141 Å². The Hall–Kier alpha value is -4.00. The molecule has 2 N–H and O–H groups in total. The molecule has 1 saturated heterocycles. The van der Waals surface area contributed by atoms with Crippen molar-refractivity contribution in [2.45, 2.75) is 19.3 Å². The molecule has 4 heterocycles. The second-order valence-corrected chi connectivity index (χ2v) is 7.46. The van der Waals surface area contributed by atoms with Gasteiger partial charge in [0.25, 0.3) is 0 Å². The molecule has 2 fully saturated rings. The van der Waals surface area contributed by atoms with Gasteiger partial charge in [-0.2, -0.15) is 5.26 Å². The normalized spacial score (nSPS) is 20.9. The standard InChI is InChI=1S/C20H17N7O3/c21-11-20(13-2-3-13)6-8-27(18(20)28)14-5-7-22-16(9-14)24-15-4-1-12(10-23-15)17-25-19(29)30-26-17/h1,4-5,7,9-10,13H,2-3,6,8H2,(H,22,23,24)(H,25,26,29)/t20-/m1/s1. The van der Waals surface area contributed by atoms with E-state index in [9.17, 15) is 14.9 Å². The molecule has 0 unspecified atom stereocenters. The van der Waals surface area contributed by atoms with Gasteiger partial charge in [0.15, 0.2) is 5.82 Å². The van der Waals surface area contributed by atoms with Crippen LogP contribution in [0.2, 0.25) is 0 Å². The fourth-order valence-electron chi connectivity index (χ4n) is 3.88. The van der Waals surface area contributed by atoms with E-state index in [1.165, 1.54) is 0 Å². The third kappa shape index (κ3) is 3.00. The number of pyridine rings is 2. The highest BCUT2D eigenvalue weighted by Gasteiger charge is 2.56. The molecule has 0 bridgehead atoms. The van der Waals surface area contributed by atoms with E-state index < -0.39 is 11.2 Å². The molecular formula is C20H17N7O3. The highest BCUT2D eigenvalue weighted by Crippen LogP contribution is 2.51. The predicted octanol–water partition coefficient (Wildman–Crippen LogP) is 2.22. The summed E-state index contributed by atoms with van der Waals surface area (Å²) in [5, 5.41) is 16.4. The van der Waals surface area contributed by atoms with Crippen molar-refractivity contribution in [3.8, 4) is 17.5 Å². The lowest BCUT2D eigenvalue weighted by molar-refractivity contribution is -0.123. The van der Waals surface area contributed by atoms with E-state index in [0.29, 0.717) is 41.7 Å². The van der Waals surface area contributed by atoms with Crippen LogP contribution in [0.5, 0.6) is 0 Å². The van der Waals surface area contributed by atoms with Crippen LogP contribution in [0.4, 0.5) is 17.3 Å². The van der Waals surface area contributed by atoms with Crippen LogP contribution in [-0.2, 0) is 4.79 Å². The van der Waals surface area contributed by atoms with Crippen molar-refractivity contribution in [1.82, 2.24) is 20.1 Å². The summed E-state index contributed by atoms with van der Waals surface area (Å²) < 4.78 is 4.49. The summed E-state index contributed by atoms with van der Waals surface area (Å²) in [7, 11) is 0. The van der Waals surface area contributed by atoms with Crippen LogP contribution in [0.1, 0.15) is 19.3 Å². The highest BCUT2D eigenvalue weighted by atomic mass is 16.5. The Morgan fingerprint density at radius 2 is 2.10 bits per heavy atom. The van der Waals surface area contributed by atoms with Gasteiger partial charge in [-0.3, -0.25) is 14.3 Å². The monoisotopic (exact) mass is 403 g/mol. The van der Waals surface area contributed by atoms with Gasteiger partial charge in [-0.25, -0.2) is 14.8 Å². The van der Waals surface area contributed by atoms with E-state index in [1.807, 2.05) is 0 Å². The molecular weight excluding hydrogens is 386 g/mol. The number of nitrogens with one attached hydrogen (secondary N) is 2. The molecule has 0 spiro atoms. The van der Waals surface area contributed by atoms with E-state index in [0.717, 1.165) is 12.8 Å². The minimum atomic E-state index is -0.879. The van der Waals surface area contributed by atoms with Crippen LogP contribution >= 0.6 is 0 Å². The van der Waals surface area contributed by atoms with Gasteiger partial charge in [-0.1, -0.05) is 5.16 Å². The lowest BCUT2D eigenvalue weighted by atomic mass is 9.83. The van der Waals surface area contributed by atoms with Crippen LogP contribution in [0.15, 0.2) is 46.0 Å². The summed E-state index contributed by atoms with van der Waals surface area (Å²) >= 11 is 0. The second-order valence-electron chi connectivity index (χ2n) is 7.46. The largest absolute Gasteiger partial charge is 0.439 e. The Labute approximate surface area is 170 Å². The molecule has 3 aromatic heterocycles. The number of aromatic nitrogens is 4. The molecule has 10 nitrogen and oxygen atoms in total. The minimum absolute atomic E-state index is 0.117. The van der Waals surface area contributed by atoms with Crippen molar-refractivity contribution >= 4 is 23.2 Å². The number of nitriles is 1. The molecule has 1 atom stereocenters. The van der Waals surface area contributed by atoms with Gasteiger partial charge < -0.3 is 10.2 Å². The lowest BCUT2D eigenvalue weighted by Gasteiger charge is -2.21. The van der Waals surface area contributed by atoms with Gasteiger partial charge in [0, 0.05) is 36.3 Å². The van der Waals surface area contributed by atoms with Crippen LogP contribution in [0.3, 0.4) is 0 Å². The maximum atomic E-state index is 13.0. The first-order chi connectivity index (χ1) is 14.6. The number of hydrogen-bond donors (Lipinski definition) is 2. The molecule has 1 amide bonds. The van der Waals surface area contributed by atoms with Crippen molar-refractivity contribution < 1.29 is 9.32 Å². The summed E-state index contributed by atoms with van der Waals surface area (Å²) in [6.07, 6.45) is 5.61. The van der Waals surface area contributed by atoms with E-state index in [-0.39, 0.29) is 11.8 Å². The van der Waals surface area contributed by atoms with Crippen molar-refractivity contribution in [3.05, 3.63) is 47.2 Å². The molecule has 10 heteroatoms. The molecule has 3 aromatic rings. The summed E-state index contributed by atoms with van der Waals surface area (Å²) in [5.74, 6) is 0.785. The fourth-order valence-corrected chi connectivity index (χ4v) is 3.88. The molecule has 5 rings (SSSR count). The van der Waals surface area contributed by atoms with Gasteiger partial charge >= 0.3 is 5.76 Å². The zero-order valence-corrected chi connectivity index (χ0v) is 15.8. The van der Waals surface area contributed by atoms with Crippen LogP contribution in [0, 0.1) is 22.7 Å². The highest BCUT2D eigenvalue weighted by molar-refractivity contribution is 6.02. The lowest BCUT2D eigenvalue weighted by Crippen LogP contribution is -2.35. The number of nitrogens with zero attached hydrogens (tertiary/aromatic N) is 5. The number of rotatable bonds is 5. The Kier molecular flexibility index (Phi) is 4.10. The molecule has 1 saturated carbocycles. The average molecular weight is 403 g/mol.